The molecule has 0 spiro atoms. The number of hydrogen-bond acceptors (Lipinski definition) is 6. The topological polar surface area (TPSA) is 81.6 Å². The highest BCUT2D eigenvalue weighted by Gasteiger charge is 2.15. The quantitative estimate of drug-likeness (QED) is 0.600. The smallest absolute Gasteiger partial charge is 0.360 e. The van der Waals surface area contributed by atoms with Crippen LogP contribution in [0.5, 0.6) is 0 Å². The summed E-state index contributed by atoms with van der Waals surface area (Å²) in [6.45, 7) is 2.61. The largest absolute Gasteiger partial charge is 0.461 e. The highest BCUT2D eigenvalue weighted by Crippen LogP contribution is 2.13. The fourth-order valence-corrected chi connectivity index (χ4v) is 1.20. The van der Waals surface area contributed by atoms with E-state index in [1.165, 1.54) is 6.26 Å². The number of carbonyl (C=O) groups excluding carboxylic acids is 1. The van der Waals surface area contributed by atoms with Crippen LogP contribution in [0.25, 0.3) is 0 Å². The molecule has 0 atom stereocenters. The van der Waals surface area contributed by atoms with Crippen LogP contribution in [0.2, 0.25) is 0 Å². The van der Waals surface area contributed by atoms with E-state index in [0.717, 1.165) is 0 Å². The summed E-state index contributed by atoms with van der Waals surface area (Å²) < 4.78 is 9.95. The van der Waals surface area contributed by atoms with Gasteiger partial charge in [0.1, 0.15) is 6.26 Å². The summed E-state index contributed by atoms with van der Waals surface area (Å²) in [5.74, 6) is -0.495. The van der Waals surface area contributed by atoms with Crippen molar-refractivity contribution in [1.29, 1.82) is 0 Å². The minimum absolute atomic E-state index is 0.157. The number of nitrogens with two attached hydrogens (primary N) is 1. The zero-order valence-electron chi connectivity index (χ0n) is 9.80. The average Bonchev–Trinajstić information content (AvgIpc) is 2.75. The molecular weight excluding hydrogens is 242 g/mol. The Morgan fingerprint density at radius 1 is 1.71 bits per heavy atom. The van der Waals surface area contributed by atoms with Crippen LogP contribution in [-0.4, -0.2) is 36.1 Å². The zero-order valence-corrected chi connectivity index (χ0v) is 10.6. The van der Waals surface area contributed by atoms with Crippen LogP contribution < -0.4 is 10.6 Å². The third-order valence-corrected chi connectivity index (χ3v) is 2.20. The molecular formula is C10H15N3O3S. The molecule has 6 nitrogen and oxygen atoms in total. The van der Waals surface area contributed by atoms with Crippen LogP contribution >= 0.6 is 12.2 Å². The second kappa shape index (κ2) is 6.19. The fraction of sp³-hybridized carbons (Fsp3) is 0.500. The lowest BCUT2D eigenvalue weighted by atomic mass is 10.4. The van der Waals surface area contributed by atoms with Crippen molar-refractivity contribution in [2.24, 2.45) is 5.73 Å². The van der Waals surface area contributed by atoms with Crippen molar-refractivity contribution in [1.82, 2.24) is 4.98 Å². The maximum absolute atomic E-state index is 11.3. The molecule has 0 aliphatic carbocycles. The van der Waals surface area contributed by atoms with E-state index in [0.29, 0.717) is 30.6 Å². The Morgan fingerprint density at radius 2 is 2.41 bits per heavy atom. The van der Waals surface area contributed by atoms with Gasteiger partial charge in [0.2, 0.25) is 0 Å². The summed E-state index contributed by atoms with van der Waals surface area (Å²) in [6.07, 6.45) is 1.83. The Morgan fingerprint density at radius 3 is 3.00 bits per heavy atom. The van der Waals surface area contributed by atoms with Crippen molar-refractivity contribution in [3.05, 3.63) is 12.0 Å². The Bertz CT molecular complexity index is 405. The molecule has 0 bridgehead atoms. The van der Waals surface area contributed by atoms with Crippen LogP contribution in [0.15, 0.2) is 10.7 Å². The number of carbonyl (C=O) groups is 1. The first-order valence-electron chi connectivity index (χ1n) is 5.16. The molecule has 0 amide bonds. The standard InChI is InChI=1S/C10H15N3O3S/c1-3-15-9(14)7-6-16-10(12-7)13(2)5-4-8(11)17/h6H,3-5H2,1-2H3,(H2,11,17). The average molecular weight is 257 g/mol. The van der Waals surface area contributed by atoms with Crippen LogP contribution in [0.1, 0.15) is 23.8 Å². The van der Waals surface area contributed by atoms with Crippen LogP contribution in [0, 0.1) is 0 Å². The second-order valence-corrected chi connectivity index (χ2v) is 3.90. The lowest BCUT2D eigenvalue weighted by Crippen LogP contribution is -2.23. The summed E-state index contributed by atoms with van der Waals surface area (Å²) in [4.78, 5) is 17.5. The third kappa shape index (κ3) is 4.03. The van der Waals surface area contributed by atoms with Gasteiger partial charge in [0.05, 0.1) is 11.6 Å². The summed E-state index contributed by atoms with van der Waals surface area (Å²) in [5.41, 5.74) is 5.55. The SMILES string of the molecule is CCOC(=O)c1coc(N(C)CCC(N)=S)n1. The molecule has 0 fully saturated rings. The Hall–Kier alpha value is -1.63. The monoisotopic (exact) mass is 257 g/mol. The van der Waals surface area contributed by atoms with Crippen LogP contribution in [-0.2, 0) is 4.74 Å². The van der Waals surface area contributed by atoms with Crippen molar-refractivity contribution in [2.45, 2.75) is 13.3 Å². The predicted octanol–water partition coefficient (Wildman–Crippen LogP) is 0.964. The van der Waals surface area contributed by atoms with E-state index in [1.54, 1.807) is 18.9 Å². The Balaban J connectivity index is 2.60. The number of oxazole rings is 1. The molecule has 94 valence electrons. The molecule has 1 rings (SSSR count). The van der Waals surface area contributed by atoms with E-state index in [1.807, 2.05) is 0 Å². The summed E-state index contributed by atoms with van der Waals surface area (Å²) in [6, 6.07) is 0.337. The van der Waals surface area contributed by atoms with Gasteiger partial charge in [-0.15, -0.1) is 0 Å². The number of hydrogen-bond donors (Lipinski definition) is 1. The maximum Gasteiger partial charge on any atom is 0.360 e. The van der Waals surface area contributed by atoms with E-state index < -0.39 is 5.97 Å². The molecule has 0 aliphatic heterocycles. The first kappa shape index (κ1) is 13.4. The number of anilines is 1. The zero-order chi connectivity index (χ0) is 12.8. The summed E-state index contributed by atoms with van der Waals surface area (Å²) >= 11 is 4.77. The molecule has 0 aliphatic rings. The van der Waals surface area contributed by atoms with Gasteiger partial charge >= 0.3 is 5.97 Å². The van der Waals surface area contributed by atoms with Gasteiger partial charge in [0.25, 0.3) is 6.01 Å². The number of aromatic nitrogens is 1. The molecule has 1 heterocycles. The molecule has 0 saturated heterocycles. The molecule has 0 saturated carbocycles. The second-order valence-electron chi connectivity index (χ2n) is 3.37. The van der Waals surface area contributed by atoms with E-state index >= 15 is 0 Å². The van der Waals surface area contributed by atoms with Gasteiger partial charge in [-0.2, -0.15) is 4.98 Å². The van der Waals surface area contributed by atoms with Crippen LogP contribution in [0.3, 0.4) is 0 Å². The van der Waals surface area contributed by atoms with Crippen molar-refractivity contribution in [3.8, 4) is 0 Å². The van der Waals surface area contributed by atoms with Gasteiger partial charge in [-0.3, -0.25) is 0 Å². The van der Waals surface area contributed by atoms with E-state index in [9.17, 15) is 4.79 Å². The molecule has 2 N–H and O–H groups in total. The van der Waals surface area contributed by atoms with Crippen molar-refractivity contribution in [3.63, 3.8) is 0 Å². The van der Waals surface area contributed by atoms with Gasteiger partial charge in [-0.1, -0.05) is 12.2 Å². The fourth-order valence-electron chi connectivity index (χ4n) is 1.11. The highest BCUT2D eigenvalue weighted by molar-refractivity contribution is 7.80. The Labute approximate surface area is 105 Å². The molecule has 1 aromatic rings. The maximum atomic E-state index is 11.3. The molecule has 1 aromatic heterocycles. The Kier molecular flexibility index (Phi) is 4.89. The first-order chi connectivity index (χ1) is 8.04. The van der Waals surface area contributed by atoms with E-state index in [2.05, 4.69) is 4.98 Å². The summed E-state index contributed by atoms with van der Waals surface area (Å²) in [5, 5.41) is 0. The van der Waals surface area contributed by atoms with Gasteiger partial charge in [0, 0.05) is 20.0 Å². The van der Waals surface area contributed by atoms with Gasteiger partial charge in [-0.25, -0.2) is 4.79 Å². The van der Waals surface area contributed by atoms with Gasteiger partial charge in [0.15, 0.2) is 5.69 Å². The first-order valence-corrected chi connectivity index (χ1v) is 5.57. The van der Waals surface area contributed by atoms with Crippen molar-refractivity contribution >= 4 is 29.2 Å². The van der Waals surface area contributed by atoms with Crippen molar-refractivity contribution < 1.29 is 13.9 Å². The van der Waals surface area contributed by atoms with Crippen LogP contribution in [0.4, 0.5) is 6.01 Å². The molecule has 7 heteroatoms. The predicted molar refractivity (Wildman–Crippen MR) is 67.1 cm³/mol. The van der Waals surface area contributed by atoms with Gasteiger partial charge < -0.3 is 19.8 Å². The molecule has 0 aromatic carbocycles. The number of nitrogens with zero attached hydrogens (tertiary/aromatic N) is 2. The molecule has 0 radical (unpaired) electrons. The van der Waals surface area contributed by atoms with Gasteiger partial charge in [-0.05, 0) is 6.92 Å². The molecule has 17 heavy (non-hydrogen) atoms. The highest BCUT2D eigenvalue weighted by atomic mass is 32.1. The van der Waals surface area contributed by atoms with E-state index in [4.69, 9.17) is 27.1 Å². The number of rotatable bonds is 6. The van der Waals surface area contributed by atoms with E-state index in [-0.39, 0.29) is 5.69 Å². The number of thiocarbonyl (C=S) groups is 1. The molecule has 0 unspecified atom stereocenters. The van der Waals surface area contributed by atoms with Crippen molar-refractivity contribution in [2.75, 3.05) is 25.1 Å². The normalized spacial score (nSPS) is 10.0. The number of ether oxygens (including phenoxy) is 1. The minimum Gasteiger partial charge on any atom is -0.461 e. The third-order valence-electron chi connectivity index (χ3n) is 2.00. The minimum atomic E-state index is -0.495. The number of esters is 1. The summed E-state index contributed by atoms with van der Waals surface area (Å²) in [7, 11) is 1.78. The lowest BCUT2D eigenvalue weighted by molar-refractivity contribution is 0.0519. The lowest BCUT2D eigenvalue weighted by Gasteiger charge is -2.12.